The van der Waals surface area contributed by atoms with Crippen LogP contribution in [0.15, 0.2) is 42.6 Å². The van der Waals surface area contributed by atoms with Gasteiger partial charge in [0.25, 0.3) is 0 Å². The molecule has 0 aliphatic rings. The van der Waals surface area contributed by atoms with E-state index in [4.69, 9.17) is 0 Å². The molecule has 0 fully saturated rings. The number of aryl methyl sites for hydroxylation is 2. The quantitative estimate of drug-likeness (QED) is 0.460. The molecule has 0 aliphatic heterocycles. The second-order valence-corrected chi connectivity index (χ2v) is 4.27. The maximum absolute atomic E-state index is 4.58. The van der Waals surface area contributed by atoms with Gasteiger partial charge in [0.2, 0.25) is 0 Å². The molecule has 2 heterocycles. The summed E-state index contributed by atoms with van der Waals surface area (Å²) >= 11 is 0. The van der Waals surface area contributed by atoms with E-state index in [0.29, 0.717) is 0 Å². The number of aromatic amines is 1. The minimum absolute atomic E-state index is 0. The zero-order valence-corrected chi connectivity index (χ0v) is 12.5. The van der Waals surface area contributed by atoms with Crippen molar-refractivity contribution in [3.63, 3.8) is 0 Å². The third-order valence-electron chi connectivity index (χ3n) is 3.06. The number of para-hydroxylation sites is 2. The fourth-order valence-corrected chi connectivity index (χ4v) is 1.91. The molecule has 0 radical (unpaired) electrons. The van der Waals surface area contributed by atoms with Crippen LogP contribution in [0.1, 0.15) is 5.69 Å². The van der Waals surface area contributed by atoms with Crippen LogP contribution in [0, 0.1) is 6.92 Å². The van der Waals surface area contributed by atoms with Gasteiger partial charge in [0, 0.05) is 13.0 Å². The first-order valence-corrected chi connectivity index (χ1v) is 5.65. The number of benzene rings is 1. The second kappa shape index (κ2) is 5.06. The van der Waals surface area contributed by atoms with Crippen molar-refractivity contribution in [2.24, 2.45) is 7.05 Å². The standard InChI is InChI=1S/C14H14N3.HI/c1-10-7-8-11(9-17(10)2)14-15-12-5-3-4-6-13(12)16-14;/h3-9H,1-2H3,(H,15,16);1H/q+1;/p-1. The van der Waals surface area contributed by atoms with Crippen LogP contribution in [0.2, 0.25) is 0 Å². The molecule has 0 saturated carbocycles. The van der Waals surface area contributed by atoms with Crippen LogP contribution in [-0.4, -0.2) is 9.97 Å². The summed E-state index contributed by atoms with van der Waals surface area (Å²) in [5.74, 6) is 0.918. The normalized spacial score (nSPS) is 10.3. The summed E-state index contributed by atoms with van der Waals surface area (Å²) in [6, 6.07) is 12.3. The molecule has 0 aliphatic carbocycles. The van der Waals surface area contributed by atoms with E-state index in [-0.39, 0.29) is 24.0 Å². The molecule has 2 aromatic heterocycles. The first kappa shape index (κ1) is 13.0. The molecular formula is C14H14IN3. The van der Waals surface area contributed by atoms with Crippen molar-refractivity contribution in [3.8, 4) is 11.4 Å². The highest BCUT2D eigenvalue weighted by atomic mass is 127. The number of H-pyrrole nitrogens is 1. The predicted octanol–water partition coefficient (Wildman–Crippen LogP) is -0.633. The van der Waals surface area contributed by atoms with Gasteiger partial charge in [-0.25, -0.2) is 9.55 Å². The summed E-state index contributed by atoms with van der Waals surface area (Å²) in [6.45, 7) is 2.09. The maximum Gasteiger partial charge on any atom is 0.179 e. The van der Waals surface area contributed by atoms with Crippen LogP contribution in [-0.2, 0) is 7.05 Å². The zero-order valence-electron chi connectivity index (χ0n) is 10.3. The van der Waals surface area contributed by atoms with Gasteiger partial charge in [-0.1, -0.05) is 12.1 Å². The van der Waals surface area contributed by atoms with Crippen molar-refractivity contribution in [3.05, 3.63) is 48.3 Å². The van der Waals surface area contributed by atoms with Gasteiger partial charge in [-0.2, -0.15) is 0 Å². The Bertz CT molecular complexity index is 655. The summed E-state index contributed by atoms with van der Waals surface area (Å²) in [7, 11) is 2.04. The number of halogens is 1. The Kier molecular flexibility index (Phi) is 3.65. The van der Waals surface area contributed by atoms with Crippen molar-refractivity contribution in [1.29, 1.82) is 0 Å². The highest BCUT2D eigenvalue weighted by Gasteiger charge is 2.09. The number of hydrogen-bond acceptors (Lipinski definition) is 1. The summed E-state index contributed by atoms with van der Waals surface area (Å²) in [6.07, 6.45) is 2.09. The summed E-state index contributed by atoms with van der Waals surface area (Å²) in [4.78, 5) is 7.92. The molecule has 92 valence electrons. The van der Waals surface area contributed by atoms with Gasteiger partial charge in [-0.15, -0.1) is 0 Å². The molecule has 4 heteroatoms. The average molecular weight is 351 g/mol. The number of rotatable bonds is 1. The number of fused-ring (bicyclic) bond motifs is 1. The largest absolute Gasteiger partial charge is 1.00 e. The molecule has 3 rings (SSSR count). The number of pyridine rings is 1. The highest BCUT2D eigenvalue weighted by Crippen LogP contribution is 2.18. The summed E-state index contributed by atoms with van der Waals surface area (Å²) in [5.41, 5.74) is 4.41. The van der Waals surface area contributed by atoms with Gasteiger partial charge in [0.05, 0.1) is 16.6 Å². The van der Waals surface area contributed by atoms with E-state index in [0.717, 1.165) is 22.4 Å². The lowest BCUT2D eigenvalue weighted by Crippen LogP contribution is -3.00. The van der Waals surface area contributed by atoms with Crippen molar-refractivity contribution in [2.45, 2.75) is 6.92 Å². The minimum atomic E-state index is 0. The number of hydrogen-bond donors (Lipinski definition) is 1. The van der Waals surface area contributed by atoms with Crippen molar-refractivity contribution >= 4 is 11.0 Å². The second-order valence-electron chi connectivity index (χ2n) is 4.27. The van der Waals surface area contributed by atoms with E-state index in [1.54, 1.807) is 0 Å². The molecule has 0 atom stereocenters. The third-order valence-corrected chi connectivity index (χ3v) is 3.06. The topological polar surface area (TPSA) is 32.6 Å². The molecule has 0 unspecified atom stereocenters. The van der Waals surface area contributed by atoms with Gasteiger partial charge < -0.3 is 29.0 Å². The number of nitrogens with one attached hydrogen (secondary N) is 1. The van der Waals surface area contributed by atoms with E-state index in [1.807, 2.05) is 31.3 Å². The van der Waals surface area contributed by atoms with E-state index >= 15 is 0 Å². The Balaban J connectivity index is 0.00000120. The molecule has 3 nitrogen and oxygen atoms in total. The Hall–Kier alpha value is -1.43. The van der Waals surface area contributed by atoms with Gasteiger partial charge >= 0.3 is 0 Å². The highest BCUT2D eigenvalue weighted by molar-refractivity contribution is 5.78. The predicted molar refractivity (Wildman–Crippen MR) is 67.4 cm³/mol. The zero-order chi connectivity index (χ0) is 11.8. The molecule has 0 amide bonds. The number of imidazole rings is 1. The van der Waals surface area contributed by atoms with Crippen molar-refractivity contribution < 1.29 is 28.5 Å². The first-order valence-electron chi connectivity index (χ1n) is 5.65. The monoisotopic (exact) mass is 351 g/mol. The smallest absolute Gasteiger partial charge is 0.179 e. The number of nitrogens with zero attached hydrogens (tertiary/aromatic N) is 2. The average Bonchev–Trinajstić information content (AvgIpc) is 2.76. The molecule has 1 aromatic carbocycles. The number of aromatic nitrogens is 3. The lowest BCUT2D eigenvalue weighted by atomic mass is 10.2. The molecule has 3 aromatic rings. The van der Waals surface area contributed by atoms with E-state index < -0.39 is 0 Å². The molecule has 1 N–H and O–H groups in total. The minimum Gasteiger partial charge on any atom is -1.00 e. The Labute approximate surface area is 123 Å². The van der Waals surface area contributed by atoms with Gasteiger partial charge in [-0.3, -0.25) is 0 Å². The molecule has 0 saturated heterocycles. The molecule has 18 heavy (non-hydrogen) atoms. The van der Waals surface area contributed by atoms with Crippen LogP contribution in [0.4, 0.5) is 0 Å². The summed E-state index contributed by atoms with van der Waals surface area (Å²) < 4.78 is 2.10. The lowest BCUT2D eigenvalue weighted by Gasteiger charge is -1.96. The first-order chi connectivity index (χ1) is 8.24. The molecule has 0 spiro atoms. The Morgan fingerprint density at radius 2 is 1.89 bits per heavy atom. The lowest BCUT2D eigenvalue weighted by molar-refractivity contribution is -0.677. The van der Waals surface area contributed by atoms with Crippen LogP contribution < -0.4 is 28.5 Å². The van der Waals surface area contributed by atoms with Crippen LogP contribution in [0.25, 0.3) is 22.4 Å². The Morgan fingerprint density at radius 1 is 1.11 bits per heavy atom. The van der Waals surface area contributed by atoms with E-state index in [1.165, 1.54) is 5.69 Å². The summed E-state index contributed by atoms with van der Waals surface area (Å²) in [5, 5.41) is 0. The van der Waals surface area contributed by atoms with Crippen molar-refractivity contribution in [2.75, 3.05) is 0 Å². The Morgan fingerprint density at radius 3 is 2.61 bits per heavy atom. The van der Waals surface area contributed by atoms with Crippen LogP contribution >= 0.6 is 0 Å². The van der Waals surface area contributed by atoms with E-state index in [9.17, 15) is 0 Å². The third kappa shape index (κ3) is 2.25. The van der Waals surface area contributed by atoms with Gasteiger partial charge in [0.15, 0.2) is 11.9 Å². The van der Waals surface area contributed by atoms with E-state index in [2.05, 4.69) is 39.8 Å². The SMILES string of the molecule is Cc1ccc(-c2nc3ccccc3[nH]2)c[n+]1C.[I-]. The van der Waals surface area contributed by atoms with Crippen LogP contribution in [0.5, 0.6) is 0 Å². The fourth-order valence-electron chi connectivity index (χ4n) is 1.91. The molecular weight excluding hydrogens is 337 g/mol. The van der Waals surface area contributed by atoms with Crippen molar-refractivity contribution in [1.82, 2.24) is 9.97 Å². The van der Waals surface area contributed by atoms with Gasteiger partial charge in [0.1, 0.15) is 12.9 Å². The van der Waals surface area contributed by atoms with Gasteiger partial charge in [-0.05, 0) is 18.2 Å². The fraction of sp³-hybridized carbons (Fsp3) is 0.143. The molecule has 0 bridgehead atoms. The maximum atomic E-state index is 4.58. The van der Waals surface area contributed by atoms with Crippen LogP contribution in [0.3, 0.4) is 0 Å².